The minimum Gasteiger partial charge on any atom is -0.329 e. The SMILES string of the molecule is Cc1ccc(N(C)c2ncc(CNC(C)C)cc2C)cc1. The summed E-state index contributed by atoms with van der Waals surface area (Å²) in [5, 5.41) is 3.42. The molecule has 1 N–H and O–H groups in total. The van der Waals surface area contributed by atoms with Crippen LogP contribution in [0.3, 0.4) is 0 Å². The van der Waals surface area contributed by atoms with Gasteiger partial charge in [-0.25, -0.2) is 4.98 Å². The van der Waals surface area contributed by atoms with E-state index in [1.807, 2.05) is 6.20 Å². The lowest BCUT2D eigenvalue weighted by Crippen LogP contribution is -2.22. The quantitative estimate of drug-likeness (QED) is 0.900. The van der Waals surface area contributed by atoms with E-state index in [0.717, 1.165) is 18.1 Å². The van der Waals surface area contributed by atoms with E-state index in [9.17, 15) is 0 Å². The summed E-state index contributed by atoms with van der Waals surface area (Å²) in [4.78, 5) is 6.77. The van der Waals surface area contributed by atoms with E-state index in [-0.39, 0.29) is 0 Å². The fraction of sp³-hybridized carbons (Fsp3) is 0.389. The van der Waals surface area contributed by atoms with Crippen molar-refractivity contribution in [2.24, 2.45) is 0 Å². The van der Waals surface area contributed by atoms with E-state index in [1.165, 1.54) is 16.7 Å². The zero-order valence-electron chi connectivity index (χ0n) is 13.6. The molecule has 0 fully saturated rings. The summed E-state index contributed by atoms with van der Waals surface area (Å²) in [6, 6.07) is 11.2. The summed E-state index contributed by atoms with van der Waals surface area (Å²) in [6.07, 6.45) is 1.96. The predicted octanol–water partition coefficient (Wildman–Crippen LogP) is 3.96. The van der Waals surface area contributed by atoms with Gasteiger partial charge in [-0.15, -0.1) is 0 Å². The van der Waals surface area contributed by atoms with Gasteiger partial charge in [-0.05, 0) is 43.2 Å². The number of anilines is 2. The average Bonchev–Trinajstić information content (AvgIpc) is 2.45. The lowest BCUT2D eigenvalue weighted by atomic mass is 10.1. The Kier molecular flexibility index (Phi) is 4.97. The van der Waals surface area contributed by atoms with Crippen LogP contribution >= 0.6 is 0 Å². The molecule has 112 valence electrons. The number of benzene rings is 1. The minimum atomic E-state index is 0.486. The van der Waals surface area contributed by atoms with Crippen LogP contribution in [0, 0.1) is 13.8 Å². The topological polar surface area (TPSA) is 28.2 Å². The van der Waals surface area contributed by atoms with E-state index in [4.69, 9.17) is 0 Å². The monoisotopic (exact) mass is 283 g/mol. The number of aryl methyl sites for hydroxylation is 2. The molecular weight excluding hydrogens is 258 g/mol. The number of hydrogen-bond acceptors (Lipinski definition) is 3. The Morgan fingerprint density at radius 1 is 1.14 bits per heavy atom. The Labute approximate surface area is 128 Å². The number of pyridine rings is 1. The molecule has 0 radical (unpaired) electrons. The van der Waals surface area contributed by atoms with Crippen molar-refractivity contribution < 1.29 is 0 Å². The molecule has 0 aliphatic carbocycles. The van der Waals surface area contributed by atoms with Crippen molar-refractivity contribution in [3.05, 3.63) is 53.2 Å². The molecule has 0 bridgehead atoms. The zero-order valence-corrected chi connectivity index (χ0v) is 13.6. The van der Waals surface area contributed by atoms with E-state index in [1.54, 1.807) is 0 Å². The van der Waals surface area contributed by atoms with Gasteiger partial charge in [0.2, 0.25) is 0 Å². The molecule has 1 aromatic carbocycles. The van der Waals surface area contributed by atoms with Crippen LogP contribution in [0.4, 0.5) is 11.5 Å². The van der Waals surface area contributed by atoms with Crippen LogP contribution in [-0.4, -0.2) is 18.1 Å². The van der Waals surface area contributed by atoms with Gasteiger partial charge >= 0.3 is 0 Å². The van der Waals surface area contributed by atoms with Gasteiger partial charge in [0.25, 0.3) is 0 Å². The molecule has 3 nitrogen and oxygen atoms in total. The molecule has 0 saturated carbocycles. The van der Waals surface area contributed by atoms with Crippen LogP contribution in [0.15, 0.2) is 36.5 Å². The molecule has 21 heavy (non-hydrogen) atoms. The van der Waals surface area contributed by atoms with E-state index < -0.39 is 0 Å². The molecule has 0 spiro atoms. The third-order valence-electron chi connectivity index (χ3n) is 3.56. The van der Waals surface area contributed by atoms with Crippen molar-refractivity contribution in [2.75, 3.05) is 11.9 Å². The molecular formula is C18H25N3. The second kappa shape index (κ2) is 6.72. The number of aromatic nitrogens is 1. The lowest BCUT2D eigenvalue weighted by Gasteiger charge is -2.21. The van der Waals surface area contributed by atoms with Gasteiger partial charge in [-0.1, -0.05) is 31.5 Å². The Morgan fingerprint density at radius 2 is 1.81 bits per heavy atom. The maximum Gasteiger partial charge on any atom is 0.135 e. The number of rotatable bonds is 5. The highest BCUT2D eigenvalue weighted by atomic mass is 15.2. The van der Waals surface area contributed by atoms with Crippen molar-refractivity contribution in [3.63, 3.8) is 0 Å². The van der Waals surface area contributed by atoms with E-state index in [2.05, 4.69) is 80.3 Å². The molecule has 1 heterocycles. The number of nitrogens with one attached hydrogen (secondary N) is 1. The first kappa shape index (κ1) is 15.5. The Hall–Kier alpha value is -1.87. The van der Waals surface area contributed by atoms with Gasteiger partial charge in [-0.2, -0.15) is 0 Å². The van der Waals surface area contributed by atoms with Crippen molar-refractivity contribution in [3.8, 4) is 0 Å². The van der Waals surface area contributed by atoms with Gasteiger partial charge < -0.3 is 10.2 Å². The zero-order chi connectivity index (χ0) is 15.4. The van der Waals surface area contributed by atoms with Crippen LogP contribution in [-0.2, 0) is 6.54 Å². The maximum absolute atomic E-state index is 4.64. The van der Waals surface area contributed by atoms with Crippen LogP contribution < -0.4 is 10.2 Å². The second-order valence-corrected chi connectivity index (χ2v) is 5.91. The second-order valence-electron chi connectivity index (χ2n) is 5.91. The molecule has 0 atom stereocenters. The van der Waals surface area contributed by atoms with Crippen LogP contribution in [0.1, 0.15) is 30.5 Å². The summed E-state index contributed by atoms with van der Waals surface area (Å²) in [5.41, 5.74) is 4.85. The first-order chi connectivity index (χ1) is 9.97. The summed E-state index contributed by atoms with van der Waals surface area (Å²) in [5.74, 6) is 1.01. The minimum absolute atomic E-state index is 0.486. The highest BCUT2D eigenvalue weighted by Gasteiger charge is 2.09. The first-order valence-corrected chi connectivity index (χ1v) is 7.46. The average molecular weight is 283 g/mol. The molecule has 2 aromatic rings. The fourth-order valence-corrected chi connectivity index (χ4v) is 2.29. The number of nitrogens with zero attached hydrogens (tertiary/aromatic N) is 2. The molecule has 0 aliphatic rings. The number of hydrogen-bond donors (Lipinski definition) is 1. The summed E-state index contributed by atoms with van der Waals surface area (Å²) in [6.45, 7) is 9.38. The Morgan fingerprint density at radius 3 is 2.38 bits per heavy atom. The Bertz CT molecular complexity index is 588. The molecule has 0 amide bonds. The highest BCUT2D eigenvalue weighted by molar-refractivity contribution is 5.62. The fourth-order valence-electron chi connectivity index (χ4n) is 2.29. The molecule has 3 heteroatoms. The first-order valence-electron chi connectivity index (χ1n) is 7.46. The third-order valence-corrected chi connectivity index (χ3v) is 3.56. The van der Waals surface area contributed by atoms with Gasteiger partial charge in [0.05, 0.1) is 0 Å². The molecule has 1 aromatic heterocycles. The van der Waals surface area contributed by atoms with Gasteiger partial charge in [0.15, 0.2) is 0 Å². The van der Waals surface area contributed by atoms with Gasteiger partial charge in [0, 0.05) is 31.5 Å². The molecule has 0 saturated heterocycles. The summed E-state index contributed by atoms with van der Waals surface area (Å²) < 4.78 is 0. The Balaban J connectivity index is 2.18. The van der Waals surface area contributed by atoms with Crippen LogP contribution in [0.2, 0.25) is 0 Å². The standard InChI is InChI=1S/C18H25N3/c1-13(2)19-11-16-10-15(4)18(20-12-16)21(5)17-8-6-14(3)7-9-17/h6-10,12-13,19H,11H2,1-5H3. The molecule has 0 unspecified atom stereocenters. The van der Waals surface area contributed by atoms with Gasteiger partial charge in [-0.3, -0.25) is 0 Å². The smallest absolute Gasteiger partial charge is 0.135 e. The molecule has 2 rings (SSSR count). The largest absolute Gasteiger partial charge is 0.329 e. The van der Waals surface area contributed by atoms with Crippen molar-refractivity contribution in [1.82, 2.24) is 10.3 Å². The van der Waals surface area contributed by atoms with Crippen molar-refractivity contribution in [1.29, 1.82) is 0 Å². The predicted molar refractivity (Wildman–Crippen MR) is 90.2 cm³/mol. The summed E-state index contributed by atoms with van der Waals surface area (Å²) in [7, 11) is 2.06. The summed E-state index contributed by atoms with van der Waals surface area (Å²) >= 11 is 0. The van der Waals surface area contributed by atoms with E-state index in [0.29, 0.717) is 6.04 Å². The van der Waals surface area contributed by atoms with Crippen molar-refractivity contribution in [2.45, 2.75) is 40.3 Å². The van der Waals surface area contributed by atoms with Crippen molar-refractivity contribution >= 4 is 11.5 Å². The lowest BCUT2D eigenvalue weighted by molar-refractivity contribution is 0.588. The maximum atomic E-state index is 4.64. The van der Waals surface area contributed by atoms with E-state index >= 15 is 0 Å². The normalized spacial score (nSPS) is 11.0. The van der Waals surface area contributed by atoms with Gasteiger partial charge in [0.1, 0.15) is 5.82 Å². The molecule has 0 aliphatic heterocycles. The van der Waals surface area contributed by atoms with Crippen LogP contribution in [0.25, 0.3) is 0 Å². The highest BCUT2D eigenvalue weighted by Crippen LogP contribution is 2.25. The van der Waals surface area contributed by atoms with Crippen LogP contribution in [0.5, 0.6) is 0 Å². The third kappa shape index (κ3) is 4.05.